The van der Waals surface area contributed by atoms with Gasteiger partial charge in [0.25, 0.3) is 0 Å². The van der Waals surface area contributed by atoms with Crippen LogP contribution >= 0.6 is 0 Å². The summed E-state index contributed by atoms with van der Waals surface area (Å²) >= 11 is 0. The number of urea groups is 1. The lowest BCUT2D eigenvalue weighted by Gasteiger charge is -2.43. The maximum absolute atomic E-state index is 11.8. The third-order valence-electron chi connectivity index (χ3n) is 8.77. The van der Waals surface area contributed by atoms with E-state index in [0.717, 1.165) is 39.9 Å². The van der Waals surface area contributed by atoms with Gasteiger partial charge in [0.1, 0.15) is 0 Å². The smallest absolute Gasteiger partial charge is 0.315 e. The topological polar surface area (TPSA) is 83.1 Å². The molecule has 4 aromatic rings. The third-order valence-corrected chi connectivity index (χ3v) is 8.77. The van der Waals surface area contributed by atoms with E-state index in [1.165, 1.54) is 5.56 Å². The summed E-state index contributed by atoms with van der Waals surface area (Å²) in [5.41, 5.74) is 7.36. The van der Waals surface area contributed by atoms with E-state index in [9.17, 15) is 9.90 Å². The van der Waals surface area contributed by atoms with Crippen LogP contribution in [0.25, 0.3) is 11.1 Å². The normalized spacial score (nSPS) is 20.5. The molecule has 0 radical (unpaired) electrons. The zero-order chi connectivity index (χ0) is 31.8. The highest BCUT2D eigenvalue weighted by atomic mass is 16.7. The van der Waals surface area contributed by atoms with Gasteiger partial charge in [-0.05, 0) is 60.3 Å². The number of benzene rings is 4. The fourth-order valence-electron chi connectivity index (χ4n) is 5.86. The molecule has 2 amide bonds. The van der Waals surface area contributed by atoms with E-state index in [1.807, 2.05) is 37.3 Å². The molecule has 0 aromatic heterocycles. The second-order valence-electron chi connectivity index (χ2n) is 11.9. The molecule has 3 N–H and O–H groups in total. The molecule has 1 saturated heterocycles. The maximum atomic E-state index is 11.8. The van der Waals surface area contributed by atoms with Gasteiger partial charge in [-0.1, -0.05) is 104 Å². The minimum absolute atomic E-state index is 0.0118. The molecule has 7 nitrogen and oxygen atoms in total. The van der Waals surface area contributed by atoms with Gasteiger partial charge in [-0.25, -0.2) is 4.79 Å². The van der Waals surface area contributed by atoms with Gasteiger partial charge in [0.2, 0.25) is 0 Å². The molecule has 5 rings (SSSR count). The Bertz CT molecular complexity index is 1510. The van der Waals surface area contributed by atoms with Crippen LogP contribution in [-0.4, -0.2) is 42.3 Å². The first-order chi connectivity index (χ1) is 21.9. The number of carbonyl (C=O) groups is 1. The van der Waals surface area contributed by atoms with Crippen LogP contribution in [-0.2, 0) is 22.6 Å². The summed E-state index contributed by atoms with van der Waals surface area (Å²) in [6, 6.07) is 35.2. The summed E-state index contributed by atoms with van der Waals surface area (Å²) in [6.07, 6.45) is -0.775. The Morgan fingerprint density at radius 1 is 0.844 bits per heavy atom. The summed E-state index contributed by atoms with van der Waals surface area (Å²) < 4.78 is 13.4. The molecule has 45 heavy (non-hydrogen) atoms. The number of ether oxygens (including phenoxy) is 2. The molecule has 1 fully saturated rings. The minimum Gasteiger partial charge on any atom is -0.392 e. The molecule has 5 atom stereocenters. The van der Waals surface area contributed by atoms with E-state index in [4.69, 9.17) is 9.47 Å². The Morgan fingerprint density at radius 3 is 2.24 bits per heavy atom. The Balaban J connectivity index is 1.35. The van der Waals surface area contributed by atoms with Crippen molar-refractivity contribution in [3.8, 4) is 11.1 Å². The monoisotopic (exact) mass is 607 g/mol. The highest BCUT2D eigenvalue weighted by molar-refractivity contribution is 5.73. The highest BCUT2D eigenvalue weighted by Crippen LogP contribution is 2.42. The van der Waals surface area contributed by atoms with Gasteiger partial charge in [-0.2, -0.15) is 0 Å². The second kappa shape index (κ2) is 15.3. The molecule has 5 unspecified atom stereocenters. The summed E-state index contributed by atoms with van der Waals surface area (Å²) in [5, 5.41) is 15.2. The summed E-state index contributed by atoms with van der Waals surface area (Å²) in [4.78, 5) is 14.2. The molecular formula is C38H45N3O4. The molecule has 0 spiro atoms. The average molecular weight is 608 g/mol. The van der Waals surface area contributed by atoms with Crippen LogP contribution in [0, 0.1) is 5.92 Å². The number of nitrogens with zero attached hydrogens (tertiary/aromatic N) is 1. The summed E-state index contributed by atoms with van der Waals surface area (Å²) in [5.74, 6) is 0.0988. The highest BCUT2D eigenvalue weighted by Gasteiger charge is 2.39. The Hall–Kier alpha value is -4.01. The van der Waals surface area contributed by atoms with Crippen LogP contribution in [0.4, 0.5) is 4.79 Å². The lowest BCUT2D eigenvalue weighted by Crippen LogP contribution is -2.44. The van der Waals surface area contributed by atoms with Crippen molar-refractivity contribution in [1.82, 2.24) is 15.5 Å². The van der Waals surface area contributed by atoms with Crippen LogP contribution in [0.15, 0.2) is 103 Å². The van der Waals surface area contributed by atoms with Crippen molar-refractivity contribution in [1.29, 1.82) is 0 Å². The van der Waals surface area contributed by atoms with Crippen molar-refractivity contribution in [2.24, 2.45) is 5.92 Å². The molecule has 236 valence electrons. The van der Waals surface area contributed by atoms with Gasteiger partial charge in [-0.3, -0.25) is 4.90 Å². The maximum Gasteiger partial charge on any atom is 0.315 e. The Kier molecular flexibility index (Phi) is 11.0. The zero-order valence-electron chi connectivity index (χ0n) is 26.6. The van der Waals surface area contributed by atoms with Gasteiger partial charge < -0.3 is 25.2 Å². The van der Waals surface area contributed by atoms with Gasteiger partial charge in [0.15, 0.2) is 6.29 Å². The Morgan fingerprint density at radius 2 is 1.56 bits per heavy atom. The van der Waals surface area contributed by atoms with Crippen LogP contribution in [0.5, 0.6) is 0 Å². The van der Waals surface area contributed by atoms with E-state index < -0.39 is 6.29 Å². The van der Waals surface area contributed by atoms with Crippen molar-refractivity contribution < 1.29 is 19.4 Å². The van der Waals surface area contributed by atoms with Gasteiger partial charge in [0.05, 0.1) is 18.8 Å². The number of amides is 2. The molecule has 1 aliphatic rings. The number of likely N-dealkylation sites (N-methyl/N-ethyl adjacent to an activating group) is 1. The molecule has 7 heteroatoms. The second-order valence-corrected chi connectivity index (χ2v) is 11.9. The van der Waals surface area contributed by atoms with E-state index in [-0.39, 0.29) is 36.8 Å². The minimum atomic E-state index is -0.532. The number of rotatable bonds is 11. The first-order valence-electron chi connectivity index (χ1n) is 15.8. The number of nitrogens with one attached hydrogen (secondary N) is 2. The number of aliphatic hydroxyl groups is 1. The molecule has 0 bridgehead atoms. The van der Waals surface area contributed by atoms with Crippen molar-refractivity contribution in [3.05, 3.63) is 131 Å². The van der Waals surface area contributed by atoms with Crippen molar-refractivity contribution >= 4 is 6.03 Å². The molecule has 1 aliphatic heterocycles. The van der Waals surface area contributed by atoms with E-state index >= 15 is 0 Å². The number of aliphatic hydroxyl groups excluding tert-OH is 1. The number of hydrogen-bond acceptors (Lipinski definition) is 5. The van der Waals surface area contributed by atoms with Crippen molar-refractivity contribution in [3.63, 3.8) is 0 Å². The predicted molar refractivity (Wildman–Crippen MR) is 178 cm³/mol. The average Bonchev–Trinajstić information content (AvgIpc) is 3.08. The van der Waals surface area contributed by atoms with Gasteiger partial charge in [-0.15, -0.1) is 0 Å². The van der Waals surface area contributed by atoms with Crippen molar-refractivity contribution in [2.45, 2.75) is 58.5 Å². The first kappa shape index (κ1) is 32.4. The fraction of sp³-hybridized carbons (Fsp3) is 0.342. The molecule has 1 heterocycles. The zero-order valence-corrected chi connectivity index (χ0v) is 26.6. The molecule has 4 aromatic carbocycles. The lowest BCUT2D eigenvalue weighted by molar-refractivity contribution is -0.276. The van der Waals surface area contributed by atoms with E-state index in [0.29, 0.717) is 13.1 Å². The predicted octanol–water partition coefficient (Wildman–Crippen LogP) is 7.15. The van der Waals surface area contributed by atoms with Crippen molar-refractivity contribution in [2.75, 3.05) is 20.1 Å². The largest absolute Gasteiger partial charge is 0.392 e. The standard InChI is InChI=1S/C38H45N3O4/c1-5-39-38(43)40-23-29-10-9-13-34(22-29)31-18-20-33(21-19-31)37-44-35(24-41(4)27(3)30-11-7-6-8-12-30)26(2)36(45-37)32-16-14-28(25-42)15-17-32/h6-22,26-27,35-37,42H,5,23-25H2,1-4H3,(H2,39,40,43). The molecular weight excluding hydrogens is 562 g/mol. The lowest BCUT2D eigenvalue weighted by atomic mass is 9.89. The van der Waals surface area contributed by atoms with Crippen LogP contribution in [0.1, 0.15) is 67.0 Å². The first-order valence-corrected chi connectivity index (χ1v) is 15.8. The Labute approximate surface area is 267 Å². The third kappa shape index (κ3) is 8.18. The van der Waals surface area contributed by atoms with Crippen LogP contribution in [0.3, 0.4) is 0 Å². The SMILES string of the molecule is CCNC(=O)NCc1cccc(-c2ccc(C3OC(CN(C)C(C)c4ccccc4)C(C)C(c4ccc(CO)cc4)O3)cc2)c1. The quantitative estimate of drug-likeness (QED) is 0.169. The number of hydrogen-bond donors (Lipinski definition) is 3. The van der Waals surface area contributed by atoms with Crippen LogP contribution < -0.4 is 10.6 Å². The summed E-state index contributed by atoms with van der Waals surface area (Å²) in [6.45, 7) is 8.13. The van der Waals surface area contributed by atoms with E-state index in [1.54, 1.807) is 0 Å². The number of carbonyl (C=O) groups excluding carboxylic acids is 1. The van der Waals surface area contributed by atoms with E-state index in [2.05, 4.69) is 109 Å². The molecule has 0 aliphatic carbocycles. The van der Waals surface area contributed by atoms with Gasteiger partial charge in [0, 0.05) is 37.2 Å². The van der Waals surface area contributed by atoms with Gasteiger partial charge >= 0.3 is 6.03 Å². The fourth-order valence-corrected chi connectivity index (χ4v) is 5.86. The summed E-state index contributed by atoms with van der Waals surface area (Å²) in [7, 11) is 2.15. The molecule has 0 saturated carbocycles. The van der Waals surface area contributed by atoms with Crippen LogP contribution in [0.2, 0.25) is 0 Å².